The molecule has 0 aromatic heterocycles. The van der Waals surface area contributed by atoms with Crippen molar-refractivity contribution >= 4 is 43.6 Å². The van der Waals surface area contributed by atoms with Crippen molar-refractivity contribution in [3.05, 3.63) is 12.7 Å². The van der Waals surface area contributed by atoms with Gasteiger partial charge in [0.25, 0.3) is 5.91 Å². The van der Waals surface area contributed by atoms with Gasteiger partial charge in [0.05, 0.1) is 0 Å². The molecular formula is C3H5CaNO2. The summed E-state index contributed by atoms with van der Waals surface area (Å²) in [5, 5.41) is 7.66. The molecule has 0 aliphatic carbocycles. The van der Waals surface area contributed by atoms with E-state index in [1.807, 2.05) is 0 Å². The van der Waals surface area contributed by atoms with Crippen LogP contribution in [-0.2, 0) is 4.79 Å². The first-order chi connectivity index (χ1) is 2.81. The number of hydroxylamine groups is 1. The molecule has 0 aromatic rings. The molecule has 0 saturated heterocycles. The second-order valence-electron chi connectivity index (χ2n) is 0.680. The zero-order valence-corrected chi connectivity index (χ0v) is 6.06. The molecule has 0 bridgehead atoms. The van der Waals surface area contributed by atoms with Crippen LogP contribution >= 0.6 is 0 Å². The molecule has 2 radical (unpaired) electrons. The molecule has 0 unspecified atom stereocenters. The molecule has 2 N–H and O–H groups in total. The molecule has 4 heteroatoms. The maximum Gasteiger partial charge on any atom is 0.266 e. The van der Waals surface area contributed by atoms with E-state index in [2.05, 4.69) is 6.58 Å². The van der Waals surface area contributed by atoms with E-state index < -0.39 is 5.91 Å². The van der Waals surface area contributed by atoms with Gasteiger partial charge in [0.2, 0.25) is 0 Å². The summed E-state index contributed by atoms with van der Waals surface area (Å²) in [4.78, 5) is 9.70. The van der Waals surface area contributed by atoms with Crippen LogP contribution in [0.4, 0.5) is 0 Å². The summed E-state index contributed by atoms with van der Waals surface area (Å²) in [5.41, 5.74) is 1.36. The zero-order valence-electron chi connectivity index (χ0n) is 3.85. The average Bonchev–Trinajstić information content (AvgIpc) is 1.65. The number of amides is 1. The van der Waals surface area contributed by atoms with Crippen molar-refractivity contribution in [2.45, 2.75) is 0 Å². The van der Waals surface area contributed by atoms with Crippen molar-refractivity contribution in [1.29, 1.82) is 0 Å². The molecular weight excluding hydrogens is 122 g/mol. The van der Waals surface area contributed by atoms with Crippen LogP contribution in [0.1, 0.15) is 0 Å². The maximum atomic E-state index is 9.70. The van der Waals surface area contributed by atoms with Gasteiger partial charge in [-0.3, -0.25) is 10.0 Å². The third-order valence-electron chi connectivity index (χ3n) is 0.296. The molecule has 1 amide bonds. The fourth-order valence-corrected chi connectivity index (χ4v) is 0.0456. The molecule has 0 aromatic carbocycles. The Morgan fingerprint density at radius 1 is 1.86 bits per heavy atom. The Bertz CT molecular complexity index is 73.3. The fraction of sp³-hybridized carbons (Fsp3) is 0. The predicted octanol–water partition coefficient (Wildman–Crippen LogP) is -0.703. The van der Waals surface area contributed by atoms with Crippen molar-refractivity contribution in [3.8, 4) is 0 Å². The Labute approximate surface area is 71.4 Å². The summed E-state index contributed by atoms with van der Waals surface area (Å²) >= 11 is 0. The third-order valence-corrected chi connectivity index (χ3v) is 0.296. The zero-order chi connectivity index (χ0) is 4.99. The van der Waals surface area contributed by atoms with Crippen LogP contribution in [0, 0.1) is 0 Å². The van der Waals surface area contributed by atoms with Gasteiger partial charge in [-0.2, -0.15) is 0 Å². The van der Waals surface area contributed by atoms with Crippen molar-refractivity contribution in [1.82, 2.24) is 5.48 Å². The molecule has 3 nitrogen and oxygen atoms in total. The Kier molecular flexibility index (Phi) is 9.57. The molecule has 0 spiro atoms. The van der Waals surface area contributed by atoms with E-state index in [9.17, 15) is 4.79 Å². The van der Waals surface area contributed by atoms with E-state index in [0.717, 1.165) is 6.08 Å². The minimum Gasteiger partial charge on any atom is -0.288 e. The van der Waals surface area contributed by atoms with Gasteiger partial charge in [-0.25, -0.2) is 5.48 Å². The van der Waals surface area contributed by atoms with E-state index >= 15 is 0 Å². The van der Waals surface area contributed by atoms with Gasteiger partial charge in [-0.05, 0) is 6.08 Å². The maximum absolute atomic E-state index is 9.70. The van der Waals surface area contributed by atoms with Crippen LogP contribution in [-0.4, -0.2) is 48.9 Å². The van der Waals surface area contributed by atoms with E-state index in [0.29, 0.717) is 0 Å². The normalized spacial score (nSPS) is 5.86. The van der Waals surface area contributed by atoms with E-state index in [1.54, 1.807) is 0 Å². The van der Waals surface area contributed by atoms with Gasteiger partial charge in [0, 0.05) is 37.7 Å². The van der Waals surface area contributed by atoms with Crippen LogP contribution in [0.3, 0.4) is 0 Å². The summed E-state index contributed by atoms with van der Waals surface area (Å²) in [5.74, 6) is -0.588. The van der Waals surface area contributed by atoms with Crippen molar-refractivity contribution in [2.24, 2.45) is 0 Å². The topological polar surface area (TPSA) is 49.3 Å². The van der Waals surface area contributed by atoms with Crippen molar-refractivity contribution in [2.75, 3.05) is 0 Å². The van der Waals surface area contributed by atoms with Crippen LogP contribution in [0.5, 0.6) is 0 Å². The molecule has 0 aliphatic heterocycles. The number of carbonyl (C=O) groups is 1. The van der Waals surface area contributed by atoms with Gasteiger partial charge in [0.15, 0.2) is 0 Å². The fourth-order valence-electron chi connectivity index (χ4n) is 0.0456. The minimum atomic E-state index is -0.588. The SMILES string of the molecule is C=CC(=O)NO.[Ca]. The first-order valence-corrected chi connectivity index (χ1v) is 1.37. The Balaban J connectivity index is 0. The molecule has 0 atom stereocenters. The van der Waals surface area contributed by atoms with Gasteiger partial charge in [0.1, 0.15) is 0 Å². The number of nitrogens with one attached hydrogen (secondary N) is 1. The first-order valence-electron chi connectivity index (χ1n) is 1.37. The van der Waals surface area contributed by atoms with E-state index in [1.165, 1.54) is 5.48 Å². The number of hydrogen-bond acceptors (Lipinski definition) is 2. The second kappa shape index (κ2) is 6.43. The molecule has 0 rings (SSSR count). The first kappa shape index (κ1) is 10.4. The number of carbonyl (C=O) groups excluding carboxylic acids is 1. The average molecular weight is 127 g/mol. The van der Waals surface area contributed by atoms with Crippen LogP contribution in [0.15, 0.2) is 12.7 Å². The molecule has 0 saturated carbocycles. The number of hydrogen-bond donors (Lipinski definition) is 2. The molecule has 0 fully saturated rings. The minimum absolute atomic E-state index is 0. The monoisotopic (exact) mass is 127 g/mol. The predicted molar refractivity (Wildman–Crippen MR) is 25.9 cm³/mol. The van der Waals surface area contributed by atoms with Gasteiger partial charge >= 0.3 is 0 Å². The summed E-state index contributed by atoms with van der Waals surface area (Å²) in [6.07, 6.45) is 0.972. The van der Waals surface area contributed by atoms with E-state index in [-0.39, 0.29) is 37.7 Å². The summed E-state index contributed by atoms with van der Waals surface area (Å²) < 4.78 is 0. The Hall–Kier alpha value is 0.430. The molecule has 36 valence electrons. The summed E-state index contributed by atoms with van der Waals surface area (Å²) in [6, 6.07) is 0. The van der Waals surface area contributed by atoms with E-state index in [4.69, 9.17) is 5.21 Å². The Morgan fingerprint density at radius 2 is 2.29 bits per heavy atom. The van der Waals surface area contributed by atoms with Gasteiger partial charge in [-0.15, -0.1) is 0 Å². The Morgan fingerprint density at radius 3 is 2.29 bits per heavy atom. The summed E-state index contributed by atoms with van der Waals surface area (Å²) in [6.45, 7) is 3.06. The van der Waals surface area contributed by atoms with Gasteiger partial charge in [-0.1, -0.05) is 6.58 Å². The summed E-state index contributed by atoms with van der Waals surface area (Å²) in [7, 11) is 0. The molecule has 7 heavy (non-hydrogen) atoms. The smallest absolute Gasteiger partial charge is 0.266 e. The van der Waals surface area contributed by atoms with Gasteiger partial charge < -0.3 is 0 Å². The number of rotatable bonds is 1. The third kappa shape index (κ3) is 6.43. The largest absolute Gasteiger partial charge is 0.288 e. The quantitative estimate of drug-likeness (QED) is 0.212. The molecule has 0 heterocycles. The van der Waals surface area contributed by atoms with Crippen LogP contribution < -0.4 is 5.48 Å². The molecule has 0 aliphatic rings. The standard InChI is InChI=1S/C3H5NO2.Ca/c1-2-3(5)4-6;/h2,6H,1H2,(H,4,5);. The second-order valence-corrected chi connectivity index (χ2v) is 0.680. The van der Waals surface area contributed by atoms with Crippen LogP contribution in [0.25, 0.3) is 0 Å². The van der Waals surface area contributed by atoms with Crippen molar-refractivity contribution < 1.29 is 10.0 Å². The van der Waals surface area contributed by atoms with Crippen molar-refractivity contribution in [3.63, 3.8) is 0 Å². The van der Waals surface area contributed by atoms with Crippen LogP contribution in [0.2, 0.25) is 0 Å².